The molecule has 1 aromatic heterocycles. The predicted octanol–water partition coefficient (Wildman–Crippen LogP) is 6.03. The van der Waals surface area contributed by atoms with E-state index in [0.29, 0.717) is 48.0 Å². The van der Waals surface area contributed by atoms with E-state index in [4.69, 9.17) is 16.3 Å². The van der Waals surface area contributed by atoms with Crippen molar-refractivity contribution < 1.29 is 18.7 Å². The maximum absolute atomic E-state index is 13.4. The van der Waals surface area contributed by atoms with Crippen LogP contribution < -0.4 is 5.32 Å². The van der Waals surface area contributed by atoms with Gasteiger partial charge in [-0.1, -0.05) is 11.6 Å². The minimum absolute atomic E-state index is 0.0221. The van der Waals surface area contributed by atoms with Crippen LogP contribution in [0.2, 0.25) is 5.02 Å². The van der Waals surface area contributed by atoms with Gasteiger partial charge < -0.3 is 15.0 Å². The fraction of sp³-hybridized carbons (Fsp3) is 0.346. The fourth-order valence-corrected chi connectivity index (χ4v) is 4.14. The molecule has 0 bridgehead atoms. The van der Waals surface area contributed by atoms with E-state index in [1.165, 1.54) is 12.1 Å². The quantitative estimate of drug-likeness (QED) is 0.476. The van der Waals surface area contributed by atoms with Crippen molar-refractivity contribution in [2.45, 2.75) is 45.1 Å². The van der Waals surface area contributed by atoms with Crippen molar-refractivity contribution in [3.63, 3.8) is 0 Å². The SMILES string of the molecule is CC(C)(C)OC(=O)N1CCC(c2cn(-c3ccc(F)cc3)nc2C(=O)Nc2ccc(Cl)cc2)CC1. The highest BCUT2D eigenvalue weighted by atomic mass is 35.5. The molecule has 2 heterocycles. The number of rotatable bonds is 4. The van der Waals surface area contributed by atoms with Crippen LogP contribution >= 0.6 is 11.6 Å². The number of nitrogens with zero attached hydrogens (tertiary/aromatic N) is 3. The van der Waals surface area contributed by atoms with Gasteiger partial charge in [0, 0.05) is 35.6 Å². The zero-order valence-electron chi connectivity index (χ0n) is 19.9. The molecule has 0 unspecified atom stereocenters. The summed E-state index contributed by atoms with van der Waals surface area (Å²) in [5, 5.41) is 8.00. The Morgan fingerprint density at radius 2 is 1.69 bits per heavy atom. The summed E-state index contributed by atoms with van der Waals surface area (Å²) >= 11 is 5.95. The summed E-state index contributed by atoms with van der Waals surface area (Å²) in [6.45, 7) is 6.55. The molecule has 0 radical (unpaired) electrons. The Morgan fingerprint density at radius 1 is 1.06 bits per heavy atom. The lowest BCUT2D eigenvalue weighted by Gasteiger charge is -2.33. The van der Waals surface area contributed by atoms with Crippen LogP contribution in [-0.2, 0) is 4.74 Å². The molecule has 1 fully saturated rings. The van der Waals surface area contributed by atoms with E-state index in [1.54, 1.807) is 46.0 Å². The average Bonchev–Trinajstić information content (AvgIpc) is 3.26. The molecular formula is C26H28ClFN4O3. The van der Waals surface area contributed by atoms with Gasteiger partial charge >= 0.3 is 6.09 Å². The van der Waals surface area contributed by atoms with Crippen LogP contribution in [0.5, 0.6) is 0 Å². The smallest absolute Gasteiger partial charge is 0.410 e. The van der Waals surface area contributed by atoms with Gasteiger partial charge in [0.05, 0.1) is 5.69 Å². The molecular weight excluding hydrogens is 471 g/mol. The second-order valence-corrected chi connectivity index (χ2v) is 9.99. The Morgan fingerprint density at radius 3 is 2.29 bits per heavy atom. The molecule has 1 N–H and O–H groups in total. The number of hydrogen-bond donors (Lipinski definition) is 1. The van der Waals surface area contributed by atoms with Crippen molar-refractivity contribution in [1.82, 2.24) is 14.7 Å². The van der Waals surface area contributed by atoms with Crippen LogP contribution in [0.1, 0.15) is 55.6 Å². The number of likely N-dealkylation sites (tertiary alicyclic amines) is 1. The third-order valence-electron chi connectivity index (χ3n) is 5.74. The van der Waals surface area contributed by atoms with E-state index >= 15 is 0 Å². The summed E-state index contributed by atoms with van der Waals surface area (Å²) < 4.78 is 20.5. The molecule has 1 aliphatic rings. The summed E-state index contributed by atoms with van der Waals surface area (Å²) in [4.78, 5) is 27.4. The Bertz CT molecular complexity index is 1190. The number of aromatic nitrogens is 2. The summed E-state index contributed by atoms with van der Waals surface area (Å²) in [6, 6.07) is 12.7. The second-order valence-electron chi connectivity index (χ2n) is 9.56. The number of ether oxygens (including phenoxy) is 1. The van der Waals surface area contributed by atoms with Crippen molar-refractivity contribution in [1.29, 1.82) is 0 Å². The van der Waals surface area contributed by atoms with E-state index in [2.05, 4.69) is 10.4 Å². The number of piperidine rings is 1. The molecule has 1 aliphatic heterocycles. The Labute approximate surface area is 208 Å². The zero-order valence-corrected chi connectivity index (χ0v) is 20.7. The predicted molar refractivity (Wildman–Crippen MR) is 133 cm³/mol. The van der Waals surface area contributed by atoms with Crippen LogP contribution in [0, 0.1) is 5.82 Å². The molecule has 0 spiro atoms. The number of amides is 2. The third-order valence-corrected chi connectivity index (χ3v) is 5.99. The minimum atomic E-state index is -0.558. The Balaban J connectivity index is 1.57. The van der Waals surface area contributed by atoms with Gasteiger partial charge in [-0.2, -0.15) is 5.10 Å². The number of hydrogen-bond acceptors (Lipinski definition) is 4. The lowest BCUT2D eigenvalue weighted by Crippen LogP contribution is -2.41. The van der Waals surface area contributed by atoms with Gasteiger partial charge in [0.1, 0.15) is 11.4 Å². The van der Waals surface area contributed by atoms with Gasteiger partial charge in [-0.05, 0) is 88.1 Å². The number of nitrogens with one attached hydrogen (secondary N) is 1. The number of anilines is 1. The van der Waals surface area contributed by atoms with Gasteiger partial charge in [-0.3, -0.25) is 4.79 Å². The van der Waals surface area contributed by atoms with E-state index in [1.807, 2.05) is 27.0 Å². The van der Waals surface area contributed by atoms with Crippen LogP contribution in [0.25, 0.3) is 5.69 Å². The van der Waals surface area contributed by atoms with Crippen LogP contribution in [0.3, 0.4) is 0 Å². The second kappa shape index (κ2) is 10.1. The molecule has 184 valence electrons. The lowest BCUT2D eigenvalue weighted by atomic mass is 9.89. The van der Waals surface area contributed by atoms with Crippen LogP contribution in [0.4, 0.5) is 14.9 Å². The van der Waals surface area contributed by atoms with Gasteiger partial charge in [0.25, 0.3) is 5.91 Å². The van der Waals surface area contributed by atoms with Crippen LogP contribution in [0.15, 0.2) is 54.7 Å². The summed E-state index contributed by atoms with van der Waals surface area (Å²) in [7, 11) is 0. The highest BCUT2D eigenvalue weighted by molar-refractivity contribution is 6.30. The molecule has 2 aromatic carbocycles. The maximum atomic E-state index is 13.4. The number of benzene rings is 2. The summed E-state index contributed by atoms with van der Waals surface area (Å²) in [5.74, 6) is -0.678. The van der Waals surface area contributed by atoms with Gasteiger partial charge in [0.2, 0.25) is 0 Å². The maximum Gasteiger partial charge on any atom is 0.410 e. The van der Waals surface area contributed by atoms with Crippen molar-refractivity contribution in [3.8, 4) is 5.69 Å². The van der Waals surface area contributed by atoms with Gasteiger partial charge in [-0.15, -0.1) is 0 Å². The number of halogens is 2. The third kappa shape index (κ3) is 6.19. The lowest BCUT2D eigenvalue weighted by molar-refractivity contribution is 0.0204. The zero-order chi connectivity index (χ0) is 25.2. The topological polar surface area (TPSA) is 76.5 Å². The number of carbonyl (C=O) groups excluding carboxylic acids is 2. The van der Waals surface area contributed by atoms with Gasteiger partial charge in [0.15, 0.2) is 5.69 Å². The van der Waals surface area contributed by atoms with Gasteiger partial charge in [-0.25, -0.2) is 13.9 Å². The standard InChI is InChI=1S/C26H28ClFN4O3/c1-26(2,3)35-25(34)31-14-12-17(13-15-31)22-16-32(21-10-6-19(28)7-11-21)30-23(22)24(33)29-20-8-4-18(27)5-9-20/h4-11,16-17H,12-15H2,1-3H3,(H,29,33). The average molecular weight is 499 g/mol. The molecule has 0 aliphatic carbocycles. The van der Waals surface area contributed by atoms with E-state index < -0.39 is 5.60 Å². The van der Waals surface area contributed by atoms with Crippen molar-refractivity contribution >= 4 is 29.3 Å². The first kappa shape index (κ1) is 24.7. The number of carbonyl (C=O) groups is 2. The van der Waals surface area contributed by atoms with E-state index in [9.17, 15) is 14.0 Å². The minimum Gasteiger partial charge on any atom is -0.444 e. The molecule has 2 amide bonds. The van der Waals surface area contributed by atoms with Crippen LogP contribution in [-0.4, -0.2) is 45.4 Å². The molecule has 9 heteroatoms. The molecule has 3 aromatic rings. The first-order valence-electron chi connectivity index (χ1n) is 11.5. The largest absolute Gasteiger partial charge is 0.444 e. The molecule has 7 nitrogen and oxygen atoms in total. The van der Waals surface area contributed by atoms with Crippen molar-refractivity contribution in [2.75, 3.05) is 18.4 Å². The molecule has 35 heavy (non-hydrogen) atoms. The molecule has 4 rings (SSSR count). The monoisotopic (exact) mass is 498 g/mol. The Hall–Kier alpha value is -3.39. The molecule has 0 atom stereocenters. The van der Waals surface area contributed by atoms with E-state index in [-0.39, 0.29) is 23.7 Å². The van der Waals surface area contributed by atoms with Crippen molar-refractivity contribution in [3.05, 3.63) is 76.8 Å². The Kier molecular flexibility index (Phi) is 7.12. The van der Waals surface area contributed by atoms with E-state index in [0.717, 1.165) is 5.56 Å². The summed E-state index contributed by atoms with van der Waals surface area (Å²) in [5.41, 5.74) is 1.76. The highest BCUT2D eigenvalue weighted by Crippen LogP contribution is 2.32. The first-order chi connectivity index (χ1) is 16.6. The normalized spacial score (nSPS) is 14.6. The highest BCUT2D eigenvalue weighted by Gasteiger charge is 2.31. The van der Waals surface area contributed by atoms with Crippen molar-refractivity contribution in [2.24, 2.45) is 0 Å². The molecule has 0 saturated carbocycles. The fourth-order valence-electron chi connectivity index (χ4n) is 4.01. The molecule has 1 saturated heterocycles. The summed E-state index contributed by atoms with van der Waals surface area (Å²) in [6.07, 6.45) is 2.81. The first-order valence-corrected chi connectivity index (χ1v) is 11.9.